The highest BCUT2D eigenvalue weighted by molar-refractivity contribution is 5.88. The number of para-hydroxylation sites is 1. The number of esters is 1. The molecule has 1 aliphatic heterocycles. The molecule has 32 heavy (non-hydrogen) atoms. The number of benzene rings is 1. The van der Waals surface area contributed by atoms with Crippen molar-refractivity contribution in [2.45, 2.75) is 32.2 Å². The van der Waals surface area contributed by atoms with Crippen LogP contribution in [-0.4, -0.2) is 51.7 Å². The molecular weight excluding hydrogens is 412 g/mol. The molecule has 0 N–H and O–H groups in total. The van der Waals surface area contributed by atoms with Gasteiger partial charge in [-0.15, -0.1) is 0 Å². The van der Waals surface area contributed by atoms with E-state index < -0.39 is 5.97 Å². The summed E-state index contributed by atoms with van der Waals surface area (Å²) in [6.07, 6.45) is 4.08. The van der Waals surface area contributed by atoms with Gasteiger partial charge in [0.25, 0.3) is 5.91 Å². The molecule has 1 aliphatic rings. The van der Waals surface area contributed by atoms with Crippen LogP contribution < -0.4 is 4.74 Å². The normalized spacial score (nSPS) is 15.9. The molecule has 0 spiro atoms. The summed E-state index contributed by atoms with van der Waals surface area (Å²) in [4.78, 5) is 35.1. The zero-order valence-electron chi connectivity index (χ0n) is 17.8. The number of carbonyl (C=O) groups excluding carboxylic acids is 2. The maximum absolute atomic E-state index is 12.9. The first-order valence-electron chi connectivity index (χ1n) is 10.6. The molecule has 1 fully saturated rings. The Morgan fingerprint density at radius 2 is 2.03 bits per heavy atom. The third-order valence-electron chi connectivity index (χ3n) is 5.16. The van der Waals surface area contributed by atoms with Gasteiger partial charge in [-0.1, -0.05) is 23.4 Å². The van der Waals surface area contributed by atoms with Crippen molar-refractivity contribution in [3.8, 4) is 17.1 Å². The molecule has 1 saturated heterocycles. The lowest BCUT2D eigenvalue weighted by molar-refractivity contribution is -0.138. The second-order valence-corrected chi connectivity index (χ2v) is 7.31. The summed E-state index contributed by atoms with van der Waals surface area (Å²) in [5, 5.41) is 4.06. The van der Waals surface area contributed by atoms with Crippen LogP contribution in [0.2, 0.25) is 0 Å². The number of rotatable bonds is 7. The van der Waals surface area contributed by atoms with Crippen LogP contribution >= 0.6 is 0 Å². The fraction of sp³-hybridized carbons (Fsp3) is 0.348. The number of nitrogens with zero attached hydrogens (tertiary/aromatic N) is 4. The Hall–Kier alpha value is -3.75. The van der Waals surface area contributed by atoms with E-state index in [0.29, 0.717) is 29.6 Å². The van der Waals surface area contributed by atoms with E-state index in [0.717, 1.165) is 19.3 Å². The van der Waals surface area contributed by atoms with Crippen molar-refractivity contribution >= 4 is 11.9 Å². The average molecular weight is 436 g/mol. The number of carbonyl (C=O) groups is 2. The van der Waals surface area contributed by atoms with Crippen LogP contribution in [-0.2, 0) is 9.53 Å². The molecule has 1 atom stereocenters. The topological polar surface area (TPSA) is 108 Å². The summed E-state index contributed by atoms with van der Waals surface area (Å²) in [7, 11) is 0. The van der Waals surface area contributed by atoms with Crippen LogP contribution in [0.1, 0.15) is 48.6 Å². The van der Waals surface area contributed by atoms with Crippen LogP contribution in [0.15, 0.2) is 53.2 Å². The van der Waals surface area contributed by atoms with Gasteiger partial charge >= 0.3 is 5.97 Å². The number of piperidine rings is 1. The van der Waals surface area contributed by atoms with Crippen molar-refractivity contribution in [3.63, 3.8) is 0 Å². The lowest BCUT2D eigenvalue weighted by Gasteiger charge is -2.33. The molecular formula is C23H24N4O5. The standard InChI is InChI=1S/C23H24N4O5/c1-2-30-23(29)18-14-16(11-12-24-18)21-25-22(32-26-21)19-10-6-7-13-27(19)20(28)15-31-17-8-4-3-5-9-17/h3-5,8-9,11-12,14,19H,2,6-7,10,13,15H2,1H3/t19-/m1/s1. The number of aromatic nitrogens is 3. The van der Waals surface area contributed by atoms with Gasteiger partial charge in [0.1, 0.15) is 17.5 Å². The van der Waals surface area contributed by atoms with E-state index in [-0.39, 0.29) is 30.9 Å². The third-order valence-corrected chi connectivity index (χ3v) is 5.16. The minimum atomic E-state index is -0.513. The summed E-state index contributed by atoms with van der Waals surface area (Å²) in [5.74, 6) is 0.686. The molecule has 0 aliphatic carbocycles. The van der Waals surface area contributed by atoms with Gasteiger partial charge in [-0.3, -0.25) is 4.79 Å². The van der Waals surface area contributed by atoms with Crippen molar-refractivity contribution in [2.75, 3.05) is 19.8 Å². The highest BCUT2D eigenvalue weighted by atomic mass is 16.5. The number of amides is 1. The third kappa shape index (κ3) is 4.93. The Kier molecular flexibility index (Phi) is 6.74. The van der Waals surface area contributed by atoms with Crippen molar-refractivity contribution < 1.29 is 23.6 Å². The average Bonchev–Trinajstić information content (AvgIpc) is 3.34. The smallest absolute Gasteiger partial charge is 0.356 e. The van der Waals surface area contributed by atoms with E-state index in [9.17, 15) is 9.59 Å². The predicted molar refractivity (Wildman–Crippen MR) is 114 cm³/mol. The quantitative estimate of drug-likeness (QED) is 0.518. The molecule has 9 nitrogen and oxygen atoms in total. The molecule has 166 valence electrons. The highest BCUT2D eigenvalue weighted by Crippen LogP contribution is 2.31. The van der Waals surface area contributed by atoms with Crippen LogP contribution in [0.4, 0.5) is 0 Å². The molecule has 0 bridgehead atoms. The van der Waals surface area contributed by atoms with Crippen LogP contribution in [0, 0.1) is 0 Å². The minimum absolute atomic E-state index is 0.0608. The summed E-state index contributed by atoms with van der Waals surface area (Å²) in [6, 6.07) is 12.2. The fourth-order valence-corrected chi connectivity index (χ4v) is 3.61. The SMILES string of the molecule is CCOC(=O)c1cc(-c2noc([C@H]3CCCCN3C(=O)COc3ccccc3)n2)ccn1. The monoisotopic (exact) mass is 436 g/mol. The fourth-order valence-electron chi connectivity index (χ4n) is 3.61. The van der Waals surface area contributed by atoms with Crippen LogP contribution in [0.25, 0.3) is 11.4 Å². The molecule has 3 aromatic rings. The Morgan fingerprint density at radius 3 is 2.84 bits per heavy atom. The predicted octanol–water partition coefficient (Wildman–Crippen LogP) is 3.44. The Bertz CT molecular complexity index is 1070. The summed E-state index contributed by atoms with van der Waals surface area (Å²) < 4.78 is 16.1. The van der Waals surface area contributed by atoms with Crippen molar-refractivity contribution in [1.29, 1.82) is 0 Å². The first-order chi connectivity index (χ1) is 15.7. The molecule has 0 radical (unpaired) electrons. The lowest BCUT2D eigenvalue weighted by Crippen LogP contribution is -2.41. The van der Waals surface area contributed by atoms with Gasteiger partial charge in [0.05, 0.1) is 6.61 Å². The molecule has 4 rings (SSSR count). The number of ether oxygens (including phenoxy) is 2. The summed E-state index contributed by atoms with van der Waals surface area (Å²) >= 11 is 0. The molecule has 1 amide bonds. The lowest BCUT2D eigenvalue weighted by atomic mass is 10.0. The van der Waals surface area contributed by atoms with Crippen molar-refractivity contribution in [3.05, 3.63) is 60.2 Å². The van der Waals surface area contributed by atoms with Gasteiger partial charge < -0.3 is 18.9 Å². The molecule has 2 aromatic heterocycles. The summed E-state index contributed by atoms with van der Waals surface area (Å²) in [5.41, 5.74) is 0.752. The van der Waals surface area contributed by atoms with Gasteiger partial charge in [0.2, 0.25) is 11.7 Å². The maximum atomic E-state index is 12.9. The number of likely N-dealkylation sites (tertiary alicyclic amines) is 1. The Balaban J connectivity index is 1.48. The molecule has 1 aromatic carbocycles. The van der Waals surface area contributed by atoms with Gasteiger partial charge in [0.15, 0.2) is 6.61 Å². The molecule has 0 unspecified atom stereocenters. The minimum Gasteiger partial charge on any atom is -0.484 e. The van der Waals surface area contributed by atoms with Crippen molar-refractivity contribution in [1.82, 2.24) is 20.0 Å². The van der Waals surface area contributed by atoms with E-state index in [1.807, 2.05) is 30.3 Å². The first kappa shape index (κ1) is 21.5. The van der Waals surface area contributed by atoms with E-state index in [4.69, 9.17) is 14.0 Å². The Morgan fingerprint density at radius 1 is 1.19 bits per heavy atom. The highest BCUT2D eigenvalue weighted by Gasteiger charge is 2.32. The Labute approximate surface area is 185 Å². The zero-order chi connectivity index (χ0) is 22.3. The molecule has 0 saturated carbocycles. The second kappa shape index (κ2) is 10.0. The second-order valence-electron chi connectivity index (χ2n) is 7.31. The van der Waals surface area contributed by atoms with E-state index in [1.54, 1.807) is 24.0 Å². The van der Waals surface area contributed by atoms with Gasteiger partial charge in [-0.2, -0.15) is 4.98 Å². The number of pyridine rings is 1. The number of hydrogen-bond donors (Lipinski definition) is 0. The van der Waals surface area contributed by atoms with Gasteiger partial charge in [0, 0.05) is 18.3 Å². The van der Waals surface area contributed by atoms with Crippen molar-refractivity contribution in [2.24, 2.45) is 0 Å². The molecule has 3 heterocycles. The van der Waals surface area contributed by atoms with E-state index in [2.05, 4.69) is 15.1 Å². The largest absolute Gasteiger partial charge is 0.484 e. The summed E-state index contributed by atoms with van der Waals surface area (Å²) in [6.45, 7) is 2.53. The van der Waals surface area contributed by atoms with Gasteiger partial charge in [-0.05, 0) is 50.5 Å². The maximum Gasteiger partial charge on any atom is 0.356 e. The van der Waals surface area contributed by atoms with Crippen LogP contribution in [0.5, 0.6) is 5.75 Å². The zero-order valence-corrected chi connectivity index (χ0v) is 17.8. The molecule has 9 heteroatoms. The number of hydrogen-bond acceptors (Lipinski definition) is 8. The van der Waals surface area contributed by atoms with Crippen LogP contribution in [0.3, 0.4) is 0 Å². The van der Waals surface area contributed by atoms with E-state index >= 15 is 0 Å². The van der Waals surface area contributed by atoms with E-state index in [1.165, 1.54) is 6.20 Å². The van der Waals surface area contributed by atoms with Gasteiger partial charge in [-0.25, -0.2) is 9.78 Å². The first-order valence-corrected chi connectivity index (χ1v) is 10.6.